The number of aromatic amines is 2. The molecular weight excluding hydrogens is 632 g/mol. The Morgan fingerprint density at radius 3 is 1.62 bits per heavy atom. The number of nitrogens with one attached hydrogen (secondary N) is 2. The van der Waals surface area contributed by atoms with E-state index >= 15 is 0 Å². The third-order valence-electron chi connectivity index (χ3n) is 7.51. The van der Waals surface area contributed by atoms with Gasteiger partial charge >= 0.3 is 5.97 Å². The summed E-state index contributed by atoms with van der Waals surface area (Å²) in [6.45, 7) is 0. The first-order chi connectivity index (χ1) is 24.3. The van der Waals surface area contributed by atoms with E-state index in [1.807, 2.05) is 72.8 Å². The molecule has 0 saturated carbocycles. The van der Waals surface area contributed by atoms with Crippen LogP contribution in [-0.2, 0) is 19.3 Å². The van der Waals surface area contributed by atoms with Gasteiger partial charge in [-0.25, -0.2) is 14.8 Å². The number of rotatable bonds is 9. The maximum absolute atomic E-state index is 12.5. The summed E-state index contributed by atoms with van der Waals surface area (Å²) in [5.74, 6) is -0.842. The Balaban J connectivity index is 0.000000197. The number of carbonyl (C=O) groups excluding carboxylic acids is 1. The first kappa shape index (κ1) is 34.1. The molecule has 2 aromatic heterocycles. The average molecular weight is 661 g/mol. The van der Waals surface area contributed by atoms with Crippen LogP contribution in [0.3, 0.4) is 0 Å². The highest BCUT2D eigenvalue weighted by Crippen LogP contribution is 2.20. The van der Waals surface area contributed by atoms with Crippen molar-refractivity contribution in [2.75, 3.05) is 0 Å². The van der Waals surface area contributed by atoms with E-state index in [1.165, 1.54) is 29.8 Å². The van der Waals surface area contributed by atoms with Crippen molar-refractivity contribution in [1.29, 1.82) is 10.5 Å². The van der Waals surface area contributed by atoms with Gasteiger partial charge in [0.2, 0.25) is 0 Å². The topological polar surface area (TPSA) is 193 Å². The largest absolute Gasteiger partial charge is 0.478 e. The molecule has 50 heavy (non-hydrogen) atoms. The van der Waals surface area contributed by atoms with Gasteiger partial charge in [-0.3, -0.25) is 14.4 Å². The number of aryl methyl sites for hydroxylation is 2. The first-order valence-electron chi connectivity index (χ1n) is 15.3. The highest BCUT2D eigenvalue weighted by molar-refractivity contribution is 5.99. The van der Waals surface area contributed by atoms with Crippen molar-refractivity contribution in [2.24, 2.45) is 0 Å². The summed E-state index contributed by atoms with van der Waals surface area (Å²) in [4.78, 5) is 61.9. The molecule has 11 nitrogen and oxygen atoms in total. The number of carboxylic acid groups (broad SMARTS) is 1. The number of carbonyl (C=O) groups is 2. The van der Waals surface area contributed by atoms with Crippen LogP contribution in [0.1, 0.15) is 49.1 Å². The zero-order valence-corrected chi connectivity index (χ0v) is 26.5. The van der Waals surface area contributed by atoms with Crippen LogP contribution in [-0.4, -0.2) is 36.8 Å². The number of nitriles is 2. The van der Waals surface area contributed by atoms with E-state index < -0.39 is 17.3 Å². The Morgan fingerprint density at radius 2 is 1.10 bits per heavy atom. The molecule has 0 saturated heterocycles. The highest BCUT2D eigenvalue weighted by Gasteiger charge is 2.17. The summed E-state index contributed by atoms with van der Waals surface area (Å²) in [5, 5.41) is 27.5. The minimum atomic E-state index is -1.14. The normalized spacial score (nSPS) is 10.2. The Hall–Kier alpha value is -7.24. The van der Waals surface area contributed by atoms with Crippen molar-refractivity contribution >= 4 is 11.8 Å². The van der Waals surface area contributed by atoms with Crippen molar-refractivity contribution < 1.29 is 14.7 Å². The molecule has 0 atom stereocenters. The molecule has 0 unspecified atom stereocenters. The maximum Gasteiger partial charge on any atom is 0.335 e. The van der Waals surface area contributed by atoms with E-state index in [1.54, 1.807) is 30.3 Å². The molecule has 6 aromatic rings. The molecule has 3 N–H and O–H groups in total. The van der Waals surface area contributed by atoms with Gasteiger partial charge in [0.1, 0.15) is 34.9 Å². The number of Topliss-reactive ketones (excluding diaryl/α,β-unsaturated/α-hetero) is 1. The molecule has 244 valence electrons. The van der Waals surface area contributed by atoms with Crippen LogP contribution in [0.15, 0.2) is 125 Å². The van der Waals surface area contributed by atoms with Gasteiger partial charge in [-0.2, -0.15) is 10.5 Å². The van der Waals surface area contributed by atoms with Gasteiger partial charge in [-0.1, -0.05) is 103 Å². The van der Waals surface area contributed by atoms with Crippen molar-refractivity contribution in [2.45, 2.75) is 19.3 Å². The second-order valence-corrected chi connectivity index (χ2v) is 10.9. The molecule has 0 radical (unpaired) electrons. The molecule has 0 aliphatic heterocycles. The number of hydrogen-bond acceptors (Lipinski definition) is 8. The minimum absolute atomic E-state index is 0.00731. The number of aromatic nitrogens is 4. The fourth-order valence-corrected chi connectivity index (χ4v) is 5.05. The van der Waals surface area contributed by atoms with E-state index in [0.717, 1.165) is 12.0 Å². The van der Waals surface area contributed by atoms with Crippen LogP contribution in [0.2, 0.25) is 0 Å². The average Bonchev–Trinajstić information content (AvgIpc) is 3.15. The summed E-state index contributed by atoms with van der Waals surface area (Å²) in [6, 6.07) is 37.5. The number of aromatic carboxylic acids is 1. The highest BCUT2D eigenvalue weighted by atomic mass is 16.4. The third-order valence-corrected chi connectivity index (χ3v) is 7.51. The van der Waals surface area contributed by atoms with Gasteiger partial charge < -0.3 is 15.1 Å². The van der Waals surface area contributed by atoms with Gasteiger partial charge in [0, 0.05) is 23.1 Å². The van der Waals surface area contributed by atoms with Crippen LogP contribution < -0.4 is 11.1 Å². The fourth-order valence-electron chi connectivity index (χ4n) is 5.05. The number of carboxylic acids is 1. The lowest BCUT2D eigenvalue weighted by molar-refractivity contribution is 0.0697. The predicted octanol–water partition coefficient (Wildman–Crippen LogP) is 5.53. The van der Waals surface area contributed by atoms with E-state index in [2.05, 4.69) is 19.9 Å². The second-order valence-electron chi connectivity index (χ2n) is 10.9. The number of H-pyrrole nitrogens is 2. The van der Waals surface area contributed by atoms with Crippen molar-refractivity contribution in [3.8, 4) is 34.7 Å². The van der Waals surface area contributed by atoms with E-state index in [0.29, 0.717) is 23.5 Å². The van der Waals surface area contributed by atoms with Crippen LogP contribution in [0.25, 0.3) is 22.5 Å². The monoisotopic (exact) mass is 660 g/mol. The molecule has 0 aliphatic rings. The van der Waals surface area contributed by atoms with Gasteiger partial charge in [-0.15, -0.1) is 0 Å². The lowest BCUT2D eigenvalue weighted by Gasteiger charge is -2.07. The number of nitrogens with zero attached hydrogens (tertiary/aromatic N) is 4. The van der Waals surface area contributed by atoms with Gasteiger partial charge in [0.25, 0.3) is 11.1 Å². The summed E-state index contributed by atoms with van der Waals surface area (Å²) >= 11 is 0. The van der Waals surface area contributed by atoms with Crippen molar-refractivity contribution in [3.05, 3.63) is 175 Å². The molecular formula is C39H28N6O5. The molecule has 0 bridgehead atoms. The minimum Gasteiger partial charge on any atom is -0.478 e. The van der Waals surface area contributed by atoms with Crippen LogP contribution in [0.5, 0.6) is 0 Å². The molecule has 4 aromatic carbocycles. The lowest BCUT2D eigenvalue weighted by Crippen LogP contribution is -2.19. The summed E-state index contributed by atoms with van der Waals surface area (Å²) in [7, 11) is 0. The Bertz CT molecular complexity index is 2360. The standard InChI is InChI=1S/C20H13N3O4.C19H15N3O/c21-11-15-18(12-5-2-1-3-6-12)22-17(23-19(15)25)10-16(24)13-7-4-8-14(9-13)20(26)27;20-13-16-18(15-9-5-2-6-10-15)21-17(22-19(16)23)12-11-14-7-3-1-4-8-14/h1-9H,10H2,(H,26,27)(H,22,23,25);1-10H,11-12H2,(H,21,22,23). The molecule has 0 spiro atoms. The molecule has 0 fully saturated rings. The zero-order chi connectivity index (χ0) is 35.5. The number of hydrogen-bond donors (Lipinski definition) is 3. The molecule has 11 heteroatoms. The molecule has 0 aliphatic carbocycles. The molecule has 0 amide bonds. The van der Waals surface area contributed by atoms with Gasteiger partial charge in [-0.05, 0) is 24.1 Å². The smallest absolute Gasteiger partial charge is 0.335 e. The van der Waals surface area contributed by atoms with Crippen molar-refractivity contribution in [1.82, 2.24) is 19.9 Å². The third kappa shape index (κ3) is 8.37. The predicted molar refractivity (Wildman–Crippen MR) is 185 cm³/mol. The summed E-state index contributed by atoms with van der Waals surface area (Å²) < 4.78 is 0. The van der Waals surface area contributed by atoms with E-state index in [9.17, 15) is 29.7 Å². The fraction of sp³-hybridized carbons (Fsp3) is 0.0769. The van der Waals surface area contributed by atoms with E-state index in [-0.39, 0.29) is 45.8 Å². The van der Waals surface area contributed by atoms with Gasteiger partial charge in [0.05, 0.1) is 23.4 Å². The quantitative estimate of drug-likeness (QED) is 0.167. The number of benzene rings is 4. The lowest BCUT2D eigenvalue weighted by atomic mass is 10.0. The van der Waals surface area contributed by atoms with Crippen LogP contribution in [0.4, 0.5) is 0 Å². The Kier molecular flexibility index (Phi) is 10.9. The van der Waals surface area contributed by atoms with E-state index in [4.69, 9.17) is 5.11 Å². The SMILES string of the molecule is N#Cc1c(-c2ccccc2)nc(CC(=O)c2cccc(C(=O)O)c2)[nH]c1=O.N#Cc1c(-c2ccccc2)nc(CCc2ccccc2)[nH]c1=O. The van der Waals surface area contributed by atoms with Crippen LogP contribution >= 0.6 is 0 Å². The Morgan fingerprint density at radius 1 is 0.620 bits per heavy atom. The molecule has 2 heterocycles. The summed E-state index contributed by atoms with van der Waals surface area (Å²) in [6.07, 6.45) is 1.17. The maximum atomic E-state index is 12.5. The zero-order valence-electron chi connectivity index (χ0n) is 26.5. The van der Waals surface area contributed by atoms with Crippen molar-refractivity contribution in [3.63, 3.8) is 0 Å². The summed E-state index contributed by atoms with van der Waals surface area (Å²) in [5.41, 5.74) is 2.28. The first-order valence-corrected chi connectivity index (χ1v) is 15.3. The van der Waals surface area contributed by atoms with Gasteiger partial charge in [0.15, 0.2) is 5.78 Å². The second kappa shape index (κ2) is 16.0. The molecule has 6 rings (SSSR count). The number of ketones is 1. The Labute approximate surface area is 285 Å². The van der Waals surface area contributed by atoms with Crippen LogP contribution in [0, 0.1) is 22.7 Å².